The summed E-state index contributed by atoms with van der Waals surface area (Å²) in [6.45, 7) is 3.58. The lowest BCUT2D eigenvalue weighted by atomic mass is 9.90. The second-order valence-electron chi connectivity index (χ2n) is 4.99. The standard InChI is InChI=1S/C13H17N3O3/c1-13(2,11(14)16-18)12(17)15-9-7-19-10-6-4-3-5-8(9)10/h3-6,9,18H,7H2,1-2H3,(H2,14,16)(H,15,17). The maximum Gasteiger partial charge on any atom is 0.233 e. The highest BCUT2D eigenvalue weighted by Crippen LogP contribution is 2.32. The number of fused-ring (bicyclic) bond motifs is 1. The largest absolute Gasteiger partial charge is 0.491 e. The highest BCUT2D eigenvalue weighted by molar-refractivity contribution is 6.06. The topological polar surface area (TPSA) is 96.9 Å². The molecule has 1 aliphatic heterocycles. The molecule has 0 spiro atoms. The first-order chi connectivity index (χ1) is 8.96. The Morgan fingerprint density at radius 2 is 2.21 bits per heavy atom. The van der Waals surface area contributed by atoms with E-state index in [1.807, 2.05) is 24.3 Å². The summed E-state index contributed by atoms with van der Waals surface area (Å²) >= 11 is 0. The Morgan fingerprint density at radius 1 is 1.53 bits per heavy atom. The summed E-state index contributed by atoms with van der Waals surface area (Å²) in [5.41, 5.74) is 5.39. The van der Waals surface area contributed by atoms with Crippen LogP contribution in [0.2, 0.25) is 0 Å². The van der Waals surface area contributed by atoms with Gasteiger partial charge in [-0.1, -0.05) is 23.4 Å². The van der Waals surface area contributed by atoms with Crippen LogP contribution in [0.5, 0.6) is 5.75 Å². The first-order valence-corrected chi connectivity index (χ1v) is 5.97. The van der Waals surface area contributed by atoms with Gasteiger partial charge in [0.2, 0.25) is 5.91 Å². The molecule has 6 heteroatoms. The zero-order valence-electron chi connectivity index (χ0n) is 10.9. The molecule has 0 saturated heterocycles. The molecular weight excluding hydrogens is 246 g/mol. The van der Waals surface area contributed by atoms with Crippen molar-refractivity contribution in [3.63, 3.8) is 0 Å². The van der Waals surface area contributed by atoms with E-state index in [-0.39, 0.29) is 17.8 Å². The second-order valence-corrected chi connectivity index (χ2v) is 4.99. The van der Waals surface area contributed by atoms with Gasteiger partial charge in [-0.15, -0.1) is 0 Å². The molecule has 4 N–H and O–H groups in total. The molecule has 1 aliphatic rings. The molecule has 1 aromatic rings. The van der Waals surface area contributed by atoms with Crippen molar-refractivity contribution in [3.8, 4) is 5.75 Å². The minimum Gasteiger partial charge on any atom is -0.491 e. The van der Waals surface area contributed by atoms with Crippen molar-refractivity contribution in [3.05, 3.63) is 29.8 Å². The lowest BCUT2D eigenvalue weighted by Gasteiger charge is -2.24. The fourth-order valence-corrected chi connectivity index (χ4v) is 1.86. The van der Waals surface area contributed by atoms with Gasteiger partial charge in [-0.05, 0) is 19.9 Å². The van der Waals surface area contributed by atoms with Gasteiger partial charge in [0.1, 0.15) is 17.8 Å². The van der Waals surface area contributed by atoms with Crippen LogP contribution in [0.4, 0.5) is 0 Å². The van der Waals surface area contributed by atoms with Gasteiger partial charge in [0.25, 0.3) is 0 Å². The number of amides is 1. The molecule has 0 bridgehead atoms. The van der Waals surface area contributed by atoms with E-state index in [1.165, 1.54) is 0 Å². The first-order valence-electron chi connectivity index (χ1n) is 5.97. The number of carbonyl (C=O) groups is 1. The molecule has 0 aromatic heterocycles. The molecule has 0 aliphatic carbocycles. The van der Waals surface area contributed by atoms with Gasteiger partial charge in [-0.2, -0.15) is 0 Å². The van der Waals surface area contributed by atoms with Crippen LogP contribution in [0, 0.1) is 5.41 Å². The third-order valence-corrected chi connectivity index (χ3v) is 3.32. The molecule has 0 fully saturated rings. The van der Waals surface area contributed by atoms with Crippen molar-refractivity contribution < 1.29 is 14.7 Å². The molecule has 0 saturated carbocycles. The smallest absolute Gasteiger partial charge is 0.233 e. The average Bonchev–Trinajstić information content (AvgIpc) is 2.81. The van der Waals surface area contributed by atoms with E-state index in [4.69, 9.17) is 15.7 Å². The van der Waals surface area contributed by atoms with Crippen LogP contribution in [0.15, 0.2) is 29.4 Å². The van der Waals surface area contributed by atoms with E-state index in [0.29, 0.717) is 6.61 Å². The van der Waals surface area contributed by atoms with Gasteiger partial charge < -0.3 is 21.0 Å². The summed E-state index contributed by atoms with van der Waals surface area (Å²) in [4.78, 5) is 12.2. The van der Waals surface area contributed by atoms with Crippen molar-refractivity contribution in [2.75, 3.05) is 6.61 Å². The highest BCUT2D eigenvalue weighted by Gasteiger charge is 2.36. The Labute approximate surface area is 111 Å². The third-order valence-electron chi connectivity index (χ3n) is 3.32. The van der Waals surface area contributed by atoms with E-state index in [9.17, 15) is 4.79 Å². The molecule has 102 valence electrons. The molecule has 1 aromatic carbocycles. The molecule has 19 heavy (non-hydrogen) atoms. The summed E-state index contributed by atoms with van der Waals surface area (Å²) in [6.07, 6.45) is 0. The second kappa shape index (κ2) is 4.79. The van der Waals surface area contributed by atoms with E-state index >= 15 is 0 Å². The van der Waals surface area contributed by atoms with Gasteiger partial charge in [-0.25, -0.2) is 0 Å². The minimum atomic E-state index is -1.08. The fraction of sp³-hybridized carbons (Fsp3) is 0.385. The van der Waals surface area contributed by atoms with Crippen LogP contribution in [0.25, 0.3) is 0 Å². The van der Waals surface area contributed by atoms with Crippen molar-refractivity contribution in [1.29, 1.82) is 0 Å². The van der Waals surface area contributed by atoms with Crippen molar-refractivity contribution in [2.45, 2.75) is 19.9 Å². The quantitative estimate of drug-likeness (QED) is 0.328. The van der Waals surface area contributed by atoms with Crippen LogP contribution in [-0.2, 0) is 4.79 Å². The predicted molar refractivity (Wildman–Crippen MR) is 70.0 cm³/mol. The number of hydrogen-bond donors (Lipinski definition) is 3. The minimum absolute atomic E-state index is 0.128. The normalized spacial score (nSPS) is 18.6. The lowest BCUT2D eigenvalue weighted by molar-refractivity contribution is -0.127. The SMILES string of the molecule is CC(C)(C(=O)NC1COc2ccccc21)C(N)=NO. The van der Waals surface area contributed by atoms with E-state index in [2.05, 4.69) is 10.5 Å². The monoisotopic (exact) mass is 263 g/mol. The number of para-hydroxylation sites is 1. The summed E-state index contributed by atoms with van der Waals surface area (Å²) in [7, 11) is 0. The summed E-state index contributed by atoms with van der Waals surface area (Å²) < 4.78 is 5.49. The lowest BCUT2D eigenvalue weighted by Crippen LogP contribution is -2.47. The van der Waals surface area contributed by atoms with Gasteiger partial charge >= 0.3 is 0 Å². The number of rotatable bonds is 3. The van der Waals surface area contributed by atoms with Crippen molar-refractivity contribution in [2.24, 2.45) is 16.3 Å². The maximum atomic E-state index is 12.2. The van der Waals surface area contributed by atoms with Gasteiger partial charge in [0, 0.05) is 5.56 Å². The average molecular weight is 263 g/mol. The predicted octanol–water partition coefficient (Wildman–Crippen LogP) is 1.01. The number of nitrogens with zero attached hydrogens (tertiary/aromatic N) is 1. The number of amidine groups is 1. The Balaban J connectivity index is 2.14. The zero-order chi connectivity index (χ0) is 14.0. The Hall–Kier alpha value is -2.24. The number of benzene rings is 1. The van der Waals surface area contributed by atoms with Gasteiger partial charge in [0.05, 0.1) is 6.04 Å². The zero-order valence-corrected chi connectivity index (χ0v) is 10.9. The van der Waals surface area contributed by atoms with Crippen LogP contribution < -0.4 is 15.8 Å². The molecule has 2 rings (SSSR count). The van der Waals surface area contributed by atoms with E-state index in [0.717, 1.165) is 11.3 Å². The number of carbonyl (C=O) groups excluding carboxylic acids is 1. The van der Waals surface area contributed by atoms with Gasteiger partial charge in [-0.3, -0.25) is 4.79 Å². The van der Waals surface area contributed by atoms with Crippen LogP contribution >= 0.6 is 0 Å². The molecule has 1 unspecified atom stereocenters. The molecular formula is C13H17N3O3. The maximum absolute atomic E-state index is 12.2. The molecule has 6 nitrogen and oxygen atoms in total. The van der Waals surface area contributed by atoms with Crippen molar-refractivity contribution in [1.82, 2.24) is 5.32 Å². The molecule has 0 radical (unpaired) electrons. The van der Waals surface area contributed by atoms with Crippen LogP contribution in [0.1, 0.15) is 25.5 Å². The summed E-state index contributed by atoms with van der Waals surface area (Å²) in [6, 6.07) is 7.32. The number of nitrogens with one attached hydrogen (secondary N) is 1. The van der Waals surface area contributed by atoms with E-state index < -0.39 is 5.41 Å². The van der Waals surface area contributed by atoms with Gasteiger partial charge in [0.15, 0.2) is 5.84 Å². The van der Waals surface area contributed by atoms with Crippen LogP contribution in [0.3, 0.4) is 0 Å². The number of hydrogen-bond acceptors (Lipinski definition) is 4. The van der Waals surface area contributed by atoms with Crippen molar-refractivity contribution >= 4 is 11.7 Å². The Bertz CT molecular complexity index is 526. The first kappa shape index (κ1) is 13.2. The molecule has 1 heterocycles. The molecule has 1 amide bonds. The Kier molecular flexibility index (Phi) is 3.33. The Morgan fingerprint density at radius 3 is 2.89 bits per heavy atom. The molecule has 1 atom stereocenters. The third kappa shape index (κ3) is 2.33. The number of oxime groups is 1. The number of nitrogens with two attached hydrogens (primary N) is 1. The summed E-state index contributed by atoms with van der Waals surface area (Å²) in [5, 5.41) is 14.5. The highest BCUT2D eigenvalue weighted by atomic mass is 16.5. The fourth-order valence-electron chi connectivity index (χ4n) is 1.86. The summed E-state index contributed by atoms with van der Waals surface area (Å²) in [5.74, 6) is 0.333. The van der Waals surface area contributed by atoms with E-state index in [1.54, 1.807) is 13.8 Å². The number of ether oxygens (including phenoxy) is 1. The van der Waals surface area contributed by atoms with Crippen LogP contribution in [-0.4, -0.2) is 23.6 Å².